The van der Waals surface area contributed by atoms with Crippen LogP contribution in [0, 0.1) is 0 Å². The Morgan fingerprint density at radius 1 is 1.00 bits per heavy atom. The van der Waals surface area contributed by atoms with E-state index >= 15 is 0 Å². The summed E-state index contributed by atoms with van der Waals surface area (Å²) in [6.07, 6.45) is 5.66. The van der Waals surface area contributed by atoms with Crippen molar-refractivity contribution in [2.24, 2.45) is 0 Å². The van der Waals surface area contributed by atoms with E-state index in [0.29, 0.717) is 11.3 Å². The number of ether oxygens (including phenoxy) is 1. The Bertz CT molecular complexity index is 775. The van der Waals surface area contributed by atoms with Crippen LogP contribution in [0.1, 0.15) is 46.6 Å². The first kappa shape index (κ1) is 18.7. The van der Waals surface area contributed by atoms with Gasteiger partial charge in [0, 0.05) is 18.8 Å². The van der Waals surface area contributed by atoms with Crippen molar-refractivity contribution in [3.05, 3.63) is 54.0 Å². The number of nitrogens with zero attached hydrogens (tertiary/aromatic N) is 1. The summed E-state index contributed by atoms with van der Waals surface area (Å²) in [7, 11) is 0. The van der Waals surface area contributed by atoms with E-state index in [4.69, 9.17) is 9.15 Å². The Labute approximate surface area is 157 Å². The number of furan rings is 1. The van der Waals surface area contributed by atoms with Gasteiger partial charge in [-0.3, -0.25) is 9.59 Å². The summed E-state index contributed by atoms with van der Waals surface area (Å²) in [5.41, 5.74) is 0.836. The summed E-state index contributed by atoms with van der Waals surface area (Å²) < 4.78 is 10.2. The average molecular weight is 370 g/mol. The number of likely N-dealkylation sites (tertiary alicyclic amines) is 1. The van der Waals surface area contributed by atoms with Gasteiger partial charge in [0.05, 0.1) is 11.8 Å². The third-order valence-electron chi connectivity index (χ3n) is 4.41. The fraction of sp³-hybridized carbons (Fsp3) is 0.350. The number of anilines is 1. The molecule has 1 aliphatic heterocycles. The highest BCUT2D eigenvalue weighted by Gasteiger charge is 2.18. The third-order valence-corrected chi connectivity index (χ3v) is 4.41. The number of hydrogen-bond donors (Lipinski definition) is 1. The molecule has 0 bridgehead atoms. The van der Waals surface area contributed by atoms with Crippen LogP contribution in [0.5, 0.6) is 0 Å². The summed E-state index contributed by atoms with van der Waals surface area (Å²) in [6.45, 7) is 1.19. The molecule has 1 aromatic heterocycles. The van der Waals surface area contributed by atoms with Gasteiger partial charge in [0.2, 0.25) is 0 Å². The molecule has 1 saturated heterocycles. The number of rotatable bonds is 5. The molecule has 2 amide bonds. The second-order valence-electron chi connectivity index (χ2n) is 6.38. The number of amides is 2. The zero-order valence-electron chi connectivity index (χ0n) is 15.0. The lowest BCUT2D eigenvalue weighted by Gasteiger charge is -2.19. The van der Waals surface area contributed by atoms with E-state index in [2.05, 4.69) is 5.32 Å². The molecule has 7 nitrogen and oxygen atoms in total. The number of carbonyl (C=O) groups is 3. The van der Waals surface area contributed by atoms with Gasteiger partial charge in [0.1, 0.15) is 0 Å². The fourth-order valence-electron chi connectivity index (χ4n) is 2.91. The molecule has 2 heterocycles. The monoisotopic (exact) mass is 370 g/mol. The highest BCUT2D eigenvalue weighted by atomic mass is 16.5. The number of hydrogen-bond acceptors (Lipinski definition) is 5. The number of esters is 1. The first-order valence-electron chi connectivity index (χ1n) is 9.03. The van der Waals surface area contributed by atoms with Gasteiger partial charge in [-0.05, 0) is 49.2 Å². The number of carbonyl (C=O) groups excluding carboxylic acids is 3. The van der Waals surface area contributed by atoms with Crippen molar-refractivity contribution in [3.8, 4) is 0 Å². The lowest BCUT2D eigenvalue weighted by Crippen LogP contribution is -2.35. The molecule has 0 aliphatic carbocycles. The molecule has 1 N–H and O–H groups in total. The Balaban J connectivity index is 1.49. The summed E-state index contributed by atoms with van der Waals surface area (Å²) >= 11 is 0. The number of nitrogens with one attached hydrogen (secondary N) is 1. The van der Waals surface area contributed by atoms with Crippen molar-refractivity contribution in [2.75, 3.05) is 25.0 Å². The molecular weight excluding hydrogens is 348 g/mol. The molecule has 0 spiro atoms. The Hall–Kier alpha value is -3.09. The van der Waals surface area contributed by atoms with E-state index in [9.17, 15) is 14.4 Å². The highest BCUT2D eigenvalue weighted by Crippen LogP contribution is 2.13. The predicted molar refractivity (Wildman–Crippen MR) is 98.4 cm³/mol. The van der Waals surface area contributed by atoms with Crippen LogP contribution < -0.4 is 5.32 Å². The van der Waals surface area contributed by atoms with E-state index in [0.717, 1.165) is 38.8 Å². The first-order chi connectivity index (χ1) is 13.1. The molecular formula is C20H22N2O5. The molecule has 1 aromatic carbocycles. The first-order valence-corrected chi connectivity index (χ1v) is 9.03. The molecule has 0 atom stereocenters. The molecule has 2 aromatic rings. The second kappa shape index (κ2) is 9.02. The maximum atomic E-state index is 12.2. The highest BCUT2D eigenvalue weighted by molar-refractivity contribution is 6.02. The Kier molecular flexibility index (Phi) is 6.25. The van der Waals surface area contributed by atoms with E-state index in [-0.39, 0.29) is 24.2 Å². The van der Waals surface area contributed by atoms with Crippen LogP contribution in [0.4, 0.5) is 5.69 Å². The van der Waals surface area contributed by atoms with Gasteiger partial charge >= 0.3 is 5.97 Å². The molecule has 7 heteroatoms. The lowest BCUT2D eigenvalue weighted by molar-refractivity contribution is -0.134. The predicted octanol–water partition coefficient (Wildman–Crippen LogP) is 3.09. The van der Waals surface area contributed by atoms with E-state index in [1.165, 1.54) is 18.4 Å². The molecule has 142 valence electrons. The summed E-state index contributed by atoms with van der Waals surface area (Å²) in [5.74, 6) is -0.904. The van der Waals surface area contributed by atoms with E-state index in [1.807, 2.05) is 0 Å². The normalized spacial score (nSPS) is 14.3. The standard InChI is InChI=1S/C20H22N2O5/c23-18(22-11-3-1-2-4-12-22)14-27-20(25)15-7-9-16(10-8-15)21-19(24)17-6-5-13-26-17/h5-10,13H,1-4,11-12,14H2,(H,21,24). The van der Waals surface area contributed by atoms with Gasteiger partial charge in [-0.1, -0.05) is 12.8 Å². The van der Waals surface area contributed by atoms with Gasteiger partial charge in [0.15, 0.2) is 12.4 Å². The fourth-order valence-corrected chi connectivity index (χ4v) is 2.91. The van der Waals surface area contributed by atoms with Crippen LogP contribution in [0.3, 0.4) is 0 Å². The van der Waals surface area contributed by atoms with Crippen molar-refractivity contribution in [2.45, 2.75) is 25.7 Å². The van der Waals surface area contributed by atoms with Crippen LogP contribution in [0.2, 0.25) is 0 Å². The Morgan fingerprint density at radius 3 is 2.33 bits per heavy atom. The van der Waals surface area contributed by atoms with E-state index < -0.39 is 5.97 Å². The van der Waals surface area contributed by atoms with Gasteiger partial charge in [0.25, 0.3) is 11.8 Å². The van der Waals surface area contributed by atoms with Crippen molar-refractivity contribution >= 4 is 23.5 Å². The maximum Gasteiger partial charge on any atom is 0.338 e. The Morgan fingerprint density at radius 2 is 1.70 bits per heavy atom. The molecule has 3 rings (SSSR count). The number of benzene rings is 1. The van der Waals surface area contributed by atoms with E-state index in [1.54, 1.807) is 29.2 Å². The van der Waals surface area contributed by atoms with Crippen molar-refractivity contribution < 1.29 is 23.5 Å². The minimum absolute atomic E-state index is 0.160. The minimum atomic E-state index is -0.568. The molecule has 0 radical (unpaired) electrons. The van der Waals surface area contributed by atoms with Gasteiger partial charge in [-0.15, -0.1) is 0 Å². The van der Waals surface area contributed by atoms with Crippen LogP contribution >= 0.6 is 0 Å². The van der Waals surface area contributed by atoms with Crippen LogP contribution in [0.25, 0.3) is 0 Å². The topological polar surface area (TPSA) is 88.9 Å². The molecule has 1 aliphatic rings. The SMILES string of the molecule is O=C(OCC(=O)N1CCCCCC1)c1ccc(NC(=O)c2ccco2)cc1. The summed E-state index contributed by atoms with van der Waals surface area (Å²) in [4.78, 5) is 38.0. The minimum Gasteiger partial charge on any atom is -0.459 e. The van der Waals surface area contributed by atoms with Crippen LogP contribution in [-0.2, 0) is 9.53 Å². The largest absolute Gasteiger partial charge is 0.459 e. The van der Waals surface area contributed by atoms with Crippen LogP contribution in [-0.4, -0.2) is 42.4 Å². The van der Waals surface area contributed by atoms with Gasteiger partial charge < -0.3 is 19.4 Å². The van der Waals surface area contributed by atoms with Gasteiger partial charge in [-0.25, -0.2) is 4.79 Å². The van der Waals surface area contributed by atoms with Gasteiger partial charge in [-0.2, -0.15) is 0 Å². The smallest absolute Gasteiger partial charge is 0.338 e. The quantitative estimate of drug-likeness (QED) is 0.817. The van der Waals surface area contributed by atoms with Crippen molar-refractivity contribution in [1.82, 2.24) is 4.90 Å². The lowest BCUT2D eigenvalue weighted by atomic mass is 10.2. The van der Waals surface area contributed by atoms with Crippen molar-refractivity contribution in [3.63, 3.8) is 0 Å². The summed E-state index contributed by atoms with van der Waals surface area (Å²) in [6, 6.07) is 9.44. The zero-order valence-corrected chi connectivity index (χ0v) is 15.0. The molecule has 0 saturated carbocycles. The molecule has 0 unspecified atom stereocenters. The zero-order chi connectivity index (χ0) is 19.1. The molecule has 27 heavy (non-hydrogen) atoms. The summed E-state index contributed by atoms with van der Waals surface area (Å²) in [5, 5.41) is 2.66. The molecule has 1 fully saturated rings. The third kappa shape index (κ3) is 5.20. The maximum absolute atomic E-state index is 12.2. The second-order valence-corrected chi connectivity index (χ2v) is 6.38. The van der Waals surface area contributed by atoms with Crippen molar-refractivity contribution in [1.29, 1.82) is 0 Å². The van der Waals surface area contributed by atoms with Crippen LogP contribution in [0.15, 0.2) is 47.1 Å². The average Bonchev–Trinajstić information content (AvgIpc) is 3.09.